The second-order valence-corrected chi connectivity index (χ2v) is 8.87. The van der Waals surface area contributed by atoms with Gasteiger partial charge in [-0.3, -0.25) is 9.59 Å². The molecule has 1 saturated carbocycles. The Balaban J connectivity index is 1.65. The Morgan fingerprint density at radius 1 is 1.17 bits per heavy atom. The number of nitrogens with zero attached hydrogens (tertiary/aromatic N) is 1. The summed E-state index contributed by atoms with van der Waals surface area (Å²) in [6, 6.07) is 5.17. The molecule has 2 aliphatic rings. The van der Waals surface area contributed by atoms with Crippen LogP contribution in [0, 0.1) is 11.8 Å². The van der Waals surface area contributed by atoms with Crippen molar-refractivity contribution in [2.24, 2.45) is 11.8 Å². The number of alkyl carbamates (subject to hydrolysis) is 1. The maximum atomic E-state index is 13.2. The first-order valence-corrected chi connectivity index (χ1v) is 10.6. The number of piperidine rings is 1. The molecule has 0 spiro atoms. The highest BCUT2D eigenvalue weighted by atomic mass is 79.9. The lowest BCUT2D eigenvalue weighted by Gasteiger charge is -2.31. The van der Waals surface area contributed by atoms with Crippen molar-refractivity contribution in [1.29, 1.82) is 0 Å². The van der Waals surface area contributed by atoms with Crippen LogP contribution in [0.3, 0.4) is 0 Å². The molecule has 30 heavy (non-hydrogen) atoms. The van der Waals surface area contributed by atoms with Gasteiger partial charge in [0.05, 0.1) is 7.11 Å². The van der Waals surface area contributed by atoms with E-state index in [1.807, 2.05) is 13.8 Å². The van der Waals surface area contributed by atoms with Crippen molar-refractivity contribution < 1.29 is 28.7 Å². The van der Waals surface area contributed by atoms with E-state index in [0.29, 0.717) is 12.0 Å². The molecule has 9 heteroatoms. The van der Waals surface area contributed by atoms with E-state index in [4.69, 9.17) is 4.74 Å². The Kier molecular flexibility index (Phi) is 6.80. The fraction of sp³-hybridized carbons (Fsp3) is 0.524. The van der Waals surface area contributed by atoms with E-state index in [-0.39, 0.29) is 36.2 Å². The van der Waals surface area contributed by atoms with Crippen molar-refractivity contribution >= 4 is 39.7 Å². The molecule has 0 bridgehead atoms. The molecule has 1 aromatic rings. The molecule has 8 nitrogen and oxygen atoms in total. The molecule has 1 N–H and O–H groups in total. The van der Waals surface area contributed by atoms with Crippen LogP contribution in [0.1, 0.15) is 37.0 Å². The standard InChI is InChI=1S/C21H25BrN2O6/c1-11(2)18(23-21(28)29-3)19(26)24-15-8-13(15)9-16(24)20(27)30-10-17(25)12-4-6-14(22)7-5-12/h4-7,11,13,15-16,18H,8-10H2,1-3H3,(H,23,28)/t13?,15?,16-,18-/m0/s1. The molecule has 1 saturated heterocycles. The maximum Gasteiger partial charge on any atom is 0.407 e. The van der Waals surface area contributed by atoms with Crippen LogP contribution >= 0.6 is 15.9 Å². The zero-order valence-corrected chi connectivity index (χ0v) is 18.7. The van der Waals surface area contributed by atoms with Crippen LogP contribution in [0.5, 0.6) is 0 Å². The van der Waals surface area contributed by atoms with Crippen molar-refractivity contribution in [1.82, 2.24) is 10.2 Å². The monoisotopic (exact) mass is 480 g/mol. The van der Waals surface area contributed by atoms with Gasteiger partial charge in [-0.15, -0.1) is 0 Å². The van der Waals surface area contributed by atoms with Gasteiger partial charge in [-0.2, -0.15) is 0 Å². The number of nitrogens with one attached hydrogen (secondary N) is 1. The molecule has 1 heterocycles. The Morgan fingerprint density at radius 3 is 2.43 bits per heavy atom. The number of hydrogen-bond acceptors (Lipinski definition) is 6. The zero-order valence-electron chi connectivity index (χ0n) is 17.1. The van der Waals surface area contributed by atoms with Gasteiger partial charge in [-0.1, -0.05) is 41.9 Å². The number of hydrogen-bond donors (Lipinski definition) is 1. The fourth-order valence-electron chi connectivity index (χ4n) is 3.80. The summed E-state index contributed by atoms with van der Waals surface area (Å²) in [7, 11) is 1.23. The second-order valence-electron chi connectivity index (χ2n) is 7.96. The summed E-state index contributed by atoms with van der Waals surface area (Å²) < 4.78 is 10.7. The number of Topliss-reactive ketones (excluding diaryl/α,β-unsaturated/α-hetero) is 1. The lowest BCUT2D eigenvalue weighted by Crippen LogP contribution is -2.55. The number of carbonyl (C=O) groups is 4. The average Bonchev–Trinajstić information content (AvgIpc) is 3.39. The quantitative estimate of drug-likeness (QED) is 0.475. The third-order valence-electron chi connectivity index (χ3n) is 5.53. The summed E-state index contributed by atoms with van der Waals surface area (Å²) in [6.07, 6.45) is 0.633. The van der Waals surface area contributed by atoms with Crippen molar-refractivity contribution in [3.05, 3.63) is 34.3 Å². The van der Waals surface area contributed by atoms with Gasteiger partial charge >= 0.3 is 12.1 Å². The molecule has 1 aliphatic heterocycles. The number of ether oxygens (including phenoxy) is 2. The van der Waals surface area contributed by atoms with Crippen LogP contribution in [0.4, 0.5) is 4.79 Å². The van der Waals surface area contributed by atoms with E-state index in [2.05, 4.69) is 26.0 Å². The molecule has 3 rings (SSSR count). The first kappa shape index (κ1) is 22.3. The second kappa shape index (κ2) is 9.16. The van der Waals surface area contributed by atoms with Crippen LogP contribution < -0.4 is 5.32 Å². The molecule has 162 valence electrons. The molecule has 4 atom stereocenters. The van der Waals surface area contributed by atoms with E-state index in [1.165, 1.54) is 12.0 Å². The number of carbonyl (C=O) groups excluding carboxylic acids is 4. The van der Waals surface area contributed by atoms with Crippen molar-refractivity contribution in [2.75, 3.05) is 13.7 Å². The highest BCUT2D eigenvalue weighted by Crippen LogP contribution is 2.48. The predicted octanol–water partition coefficient (Wildman–Crippen LogP) is 2.54. The number of esters is 1. The summed E-state index contributed by atoms with van der Waals surface area (Å²) in [5.41, 5.74) is 0.440. The summed E-state index contributed by atoms with van der Waals surface area (Å²) >= 11 is 3.30. The Morgan fingerprint density at radius 2 is 1.83 bits per heavy atom. The molecule has 2 unspecified atom stereocenters. The normalized spacial score (nSPS) is 22.8. The average molecular weight is 481 g/mol. The summed E-state index contributed by atoms with van der Waals surface area (Å²) in [5, 5.41) is 2.56. The number of amides is 2. The molecular formula is C21H25BrN2O6. The third kappa shape index (κ3) is 4.83. The highest BCUT2D eigenvalue weighted by molar-refractivity contribution is 9.10. The first-order valence-electron chi connectivity index (χ1n) is 9.85. The van der Waals surface area contributed by atoms with Crippen LogP contribution in [0.25, 0.3) is 0 Å². The molecule has 0 radical (unpaired) electrons. The number of benzene rings is 1. The molecule has 1 aromatic carbocycles. The molecule has 1 aliphatic carbocycles. The number of ketones is 1. The summed E-state index contributed by atoms with van der Waals surface area (Å²) in [5.74, 6) is -1.18. The Labute approximate surface area is 183 Å². The number of likely N-dealkylation sites (tertiary alicyclic amines) is 1. The van der Waals surface area contributed by atoms with E-state index in [0.717, 1.165) is 10.9 Å². The van der Waals surface area contributed by atoms with Gasteiger partial charge in [-0.25, -0.2) is 9.59 Å². The predicted molar refractivity (Wildman–Crippen MR) is 111 cm³/mol. The van der Waals surface area contributed by atoms with E-state index in [1.54, 1.807) is 24.3 Å². The van der Waals surface area contributed by atoms with Gasteiger partial charge in [-0.05, 0) is 36.8 Å². The van der Waals surface area contributed by atoms with Gasteiger partial charge in [0.1, 0.15) is 12.1 Å². The number of rotatable bonds is 7. The number of methoxy groups -OCH3 is 1. The molecular weight excluding hydrogens is 456 g/mol. The van der Waals surface area contributed by atoms with Gasteiger partial charge in [0, 0.05) is 16.1 Å². The lowest BCUT2D eigenvalue weighted by molar-refractivity contribution is -0.154. The van der Waals surface area contributed by atoms with Gasteiger partial charge in [0.25, 0.3) is 0 Å². The van der Waals surface area contributed by atoms with Crippen molar-refractivity contribution in [2.45, 2.75) is 44.8 Å². The van der Waals surface area contributed by atoms with Gasteiger partial charge < -0.3 is 19.7 Å². The molecule has 2 fully saturated rings. The SMILES string of the molecule is COC(=O)N[C@H](C(=O)N1C2CC2C[C@H]1C(=O)OCC(=O)c1ccc(Br)cc1)C(C)C. The van der Waals surface area contributed by atoms with Gasteiger partial charge in [0.2, 0.25) is 5.91 Å². The van der Waals surface area contributed by atoms with Crippen LogP contribution in [-0.4, -0.2) is 60.5 Å². The van der Waals surface area contributed by atoms with Crippen molar-refractivity contribution in [3.8, 4) is 0 Å². The number of fused-ring (bicyclic) bond motifs is 1. The van der Waals surface area contributed by atoms with Crippen LogP contribution in [0.15, 0.2) is 28.7 Å². The smallest absolute Gasteiger partial charge is 0.407 e. The van der Waals surface area contributed by atoms with E-state index >= 15 is 0 Å². The minimum absolute atomic E-state index is 0.0297. The fourth-order valence-corrected chi connectivity index (χ4v) is 4.06. The highest BCUT2D eigenvalue weighted by Gasteiger charge is 2.57. The molecule has 0 aromatic heterocycles. The molecule has 2 amide bonds. The largest absolute Gasteiger partial charge is 0.456 e. The van der Waals surface area contributed by atoms with E-state index < -0.39 is 24.1 Å². The lowest BCUT2D eigenvalue weighted by atomic mass is 10.0. The summed E-state index contributed by atoms with van der Waals surface area (Å²) in [4.78, 5) is 51.3. The third-order valence-corrected chi connectivity index (χ3v) is 6.06. The van der Waals surface area contributed by atoms with Crippen LogP contribution in [-0.2, 0) is 19.1 Å². The van der Waals surface area contributed by atoms with Gasteiger partial charge in [0.15, 0.2) is 12.4 Å². The Bertz CT molecular complexity index is 840. The number of halogens is 1. The summed E-state index contributed by atoms with van der Waals surface area (Å²) in [6.45, 7) is 3.23. The maximum absolute atomic E-state index is 13.2. The van der Waals surface area contributed by atoms with Crippen LogP contribution in [0.2, 0.25) is 0 Å². The van der Waals surface area contributed by atoms with E-state index in [9.17, 15) is 19.2 Å². The Hall–Kier alpha value is -2.42. The van der Waals surface area contributed by atoms with Crippen molar-refractivity contribution in [3.63, 3.8) is 0 Å². The minimum Gasteiger partial charge on any atom is -0.456 e. The first-order chi connectivity index (χ1) is 14.2. The zero-order chi connectivity index (χ0) is 22.0. The minimum atomic E-state index is -0.809. The topological polar surface area (TPSA) is 102 Å².